The van der Waals surface area contributed by atoms with Gasteiger partial charge in [-0.2, -0.15) is 0 Å². The summed E-state index contributed by atoms with van der Waals surface area (Å²) in [5.41, 5.74) is 4.06. The standard InChI is InChI=1S/C37H53NO6/c1-2-3-6-15-31(40)24-23-29-21-19-27-12-9-10-13-28(27)20-22-30-14-11-17-35(42)37(30)38-34(33(29)25-32(41)26-39)16-7-4-5-8-18-36(43)44/h9-14,23-24,30-32,34-35,37-42H,2-8,15-19,21,25-26H2,1H3,(H,43,44). The summed E-state index contributed by atoms with van der Waals surface area (Å²) in [4.78, 5) is 11.0. The molecule has 3 rings (SSSR count). The predicted molar refractivity (Wildman–Crippen MR) is 175 cm³/mol. The Balaban J connectivity index is 2.05. The van der Waals surface area contributed by atoms with Crippen molar-refractivity contribution in [3.05, 3.63) is 70.8 Å². The van der Waals surface area contributed by atoms with Crippen LogP contribution in [0.5, 0.6) is 0 Å². The Morgan fingerprint density at radius 2 is 1.89 bits per heavy atom. The summed E-state index contributed by atoms with van der Waals surface area (Å²) in [6.45, 7) is 1.77. The van der Waals surface area contributed by atoms with E-state index in [1.54, 1.807) is 0 Å². The maximum absolute atomic E-state index is 11.2. The van der Waals surface area contributed by atoms with Crippen LogP contribution >= 0.6 is 0 Å². The summed E-state index contributed by atoms with van der Waals surface area (Å²) in [6.07, 6.45) is 15.7. The molecule has 6 atom stereocenters. The summed E-state index contributed by atoms with van der Waals surface area (Å²) in [6, 6.07) is 7.58. The van der Waals surface area contributed by atoms with E-state index in [-0.39, 0.29) is 37.5 Å². The van der Waals surface area contributed by atoms with Crippen molar-refractivity contribution in [2.45, 2.75) is 127 Å². The van der Waals surface area contributed by atoms with Crippen LogP contribution < -0.4 is 5.32 Å². The monoisotopic (exact) mass is 607 g/mol. The fraction of sp³-hybridized carbons (Fsp3) is 0.595. The lowest BCUT2D eigenvalue weighted by atomic mass is 9.83. The highest BCUT2D eigenvalue weighted by atomic mass is 16.4. The zero-order valence-corrected chi connectivity index (χ0v) is 26.3. The second kappa shape index (κ2) is 19.6. The van der Waals surface area contributed by atoms with E-state index < -0.39 is 24.3 Å². The average Bonchev–Trinajstić information content (AvgIpc) is 3.01. The van der Waals surface area contributed by atoms with Crippen LogP contribution in [-0.4, -0.2) is 68.5 Å². The molecule has 0 saturated heterocycles. The molecule has 6 unspecified atom stereocenters. The van der Waals surface area contributed by atoms with Crippen LogP contribution in [0.1, 0.15) is 102 Å². The van der Waals surface area contributed by atoms with Crippen molar-refractivity contribution < 1.29 is 30.3 Å². The van der Waals surface area contributed by atoms with Gasteiger partial charge in [0.1, 0.15) is 0 Å². The lowest BCUT2D eigenvalue weighted by Crippen LogP contribution is -2.51. The smallest absolute Gasteiger partial charge is 0.303 e. The van der Waals surface area contributed by atoms with Crippen molar-refractivity contribution in [2.24, 2.45) is 5.92 Å². The number of unbranched alkanes of at least 4 members (excludes halogenated alkanes) is 5. The van der Waals surface area contributed by atoms with Crippen LogP contribution in [0.3, 0.4) is 0 Å². The molecule has 0 bridgehead atoms. The van der Waals surface area contributed by atoms with E-state index in [4.69, 9.17) is 5.11 Å². The van der Waals surface area contributed by atoms with Crippen LogP contribution in [0.4, 0.5) is 0 Å². The van der Waals surface area contributed by atoms with Crippen molar-refractivity contribution in [1.29, 1.82) is 0 Å². The van der Waals surface area contributed by atoms with E-state index in [1.165, 1.54) is 0 Å². The maximum atomic E-state index is 11.2. The summed E-state index contributed by atoms with van der Waals surface area (Å²) < 4.78 is 0. The normalized spacial score (nSPS) is 23.6. The Morgan fingerprint density at radius 1 is 1.09 bits per heavy atom. The largest absolute Gasteiger partial charge is 0.481 e. The molecule has 242 valence electrons. The number of aliphatic carboxylic acids is 1. The molecule has 2 aliphatic rings. The van der Waals surface area contributed by atoms with Gasteiger partial charge in [0.25, 0.3) is 0 Å². The van der Waals surface area contributed by atoms with Gasteiger partial charge >= 0.3 is 5.97 Å². The van der Waals surface area contributed by atoms with Gasteiger partial charge in [-0.1, -0.05) is 99.8 Å². The molecule has 1 aliphatic carbocycles. The zero-order chi connectivity index (χ0) is 31.7. The van der Waals surface area contributed by atoms with E-state index in [9.17, 15) is 25.2 Å². The minimum atomic E-state index is -0.949. The number of aryl methyl sites for hydroxylation is 1. The number of benzene rings is 1. The molecule has 6 N–H and O–H groups in total. The van der Waals surface area contributed by atoms with Crippen molar-refractivity contribution in [3.63, 3.8) is 0 Å². The Bertz CT molecular complexity index is 1180. The molecule has 0 aromatic heterocycles. The molecule has 0 spiro atoms. The molecule has 0 fully saturated rings. The lowest BCUT2D eigenvalue weighted by molar-refractivity contribution is -0.137. The fourth-order valence-corrected chi connectivity index (χ4v) is 6.18. The number of hydrogen-bond acceptors (Lipinski definition) is 6. The minimum absolute atomic E-state index is 0.160. The average molecular weight is 608 g/mol. The quantitative estimate of drug-likeness (QED) is 0.0864. The number of carbonyl (C=O) groups is 1. The summed E-state index contributed by atoms with van der Waals surface area (Å²) in [5, 5.41) is 55.4. The van der Waals surface area contributed by atoms with Crippen LogP contribution in [0.15, 0.2) is 59.7 Å². The van der Waals surface area contributed by atoms with E-state index >= 15 is 0 Å². The minimum Gasteiger partial charge on any atom is -0.481 e. The number of aliphatic hydroxyl groups is 4. The van der Waals surface area contributed by atoms with Gasteiger partial charge in [0.05, 0.1) is 36.9 Å². The first-order valence-electron chi connectivity index (χ1n) is 16.6. The van der Waals surface area contributed by atoms with E-state index in [0.717, 1.165) is 73.6 Å². The number of hydrogen-bond donors (Lipinski definition) is 6. The molecular formula is C37H53NO6. The molecule has 7 heteroatoms. The fourth-order valence-electron chi connectivity index (χ4n) is 6.18. The van der Waals surface area contributed by atoms with Gasteiger partial charge in [-0.15, -0.1) is 0 Å². The third-order valence-corrected chi connectivity index (χ3v) is 8.73. The van der Waals surface area contributed by atoms with Gasteiger partial charge in [0.15, 0.2) is 0 Å². The highest BCUT2D eigenvalue weighted by molar-refractivity contribution is 5.66. The number of nitrogens with one attached hydrogen (secondary N) is 1. The third-order valence-electron chi connectivity index (χ3n) is 8.73. The van der Waals surface area contributed by atoms with Crippen molar-refractivity contribution in [2.75, 3.05) is 6.61 Å². The highest BCUT2D eigenvalue weighted by Crippen LogP contribution is 2.29. The lowest BCUT2D eigenvalue weighted by Gasteiger charge is -2.36. The first-order chi connectivity index (χ1) is 21.3. The highest BCUT2D eigenvalue weighted by Gasteiger charge is 2.32. The van der Waals surface area contributed by atoms with Gasteiger partial charge in [0, 0.05) is 18.0 Å². The van der Waals surface area contributed by atoms with Crippen LogP contribution in [0.25, 0.3) is 0 Å². The summed E-state index contributed by atoms with van der Waals surface area (Å²) in [5.74, 6) is 5.81. The molecule has 44 heavy (non-hydrogen) atoms. The molecule has 1 heterocycles. The number of carboxylic acid groups (broad SMARTS) is 1. The molecule has 1 aromatic rings. The first-order valence-corrected chi connectivity index (χ1v) is 16.6. The molecule has 1 aromatic carbocycles. The maximum Gasteiger partial charge on any atom is 0.303 e. The number of fused-ring (bicyclic) bond motifs is 2. The van der Waals surface area contributed by atoms with E-state index in [1.807, 2.05) is 36.4 Å². The zero-order valence-electron chi connectivity index (χ0n) is 26.3. The molecule has 7 nitrogen and oxygen atoms in total. The van der Waals surface area contributed by atoms with Gasteiger partial charge in [-0.05, 0) is 67.7 Å². The third kappa shape index (κ3) is 12.0. The summed E-state index contributed by atoms with van der Waals surface area (Å²) >= 11 is 0. The SMILES string of the molecule is CCCCCC(O)C=CC1=C(CC(O)CO)C(CCCCCCC(=O)O)NC2C(C#Cc3ccccc3CC1)C=CCC2O. The Morgan fingerprint density at radius 3 is 2.66 bits per heavy atom. The van der Waals surface area contributed by atoms with Crippen molar-refractivity contribution >= 4 is 5.97 Å². The Hall–Kier alpha value is -2.73. The second-order valence-electron chi connectivity index (χ2n) is 12.3. The molecule has 1 aliphatic heterocycles. The Kier molecular flexibility index (Phi) is 15.9. The van der Waals surface area contributed by atoms with Crippen LogP contribution in [0, 0.1) is 17.8 Å². The number of allylic oxidation sites excluding steroid dienone is 2. The summed E-state index contributed by atoms with van der Waals surface area (Å²) in [7, 11) is 0. The second-order valence-corrected chi connectivity index (χ2v) is 12.3. The molecular weight excluding hydrogens is 554 g/mol. The Labute approximate surface area is 263 Å². The molecule has 0 saturated carbocycles. The van der Waals surface area contributed by atoms with Gasteiger partial charge in [-0.25, -0.2) is 0 Å². The first kappa shape index (κ1) is 35.7. The van der Waals surface area contributed by atoms with Crippen LogP contribution in [-0.2, 0) is 11.2 Å². The topological polar surface area (TPSA) is 130 Å². The molecule has 0 amide bonds. The molecule has 0 radical (unpaired) electrons. The van der Waals surface area contributed by atoms with E-state index in [0.29, 0.717) is 25.7 Å². The van der Waals surface area contributed by atoms with Gasteiger partial charge in [-0.3, -0.25) is 4.79 Å². The predicted octanol–water partition coefficient (Wildman–Crippen LogP) is 5.21. The number of carboxylic acids is 1. The number of aliphatic hydroxyl groups excluding tert-OH is 4. The van der Waals surface area contributed by atoms with E-state index in [2.05, 4.69) is 36.2 Å². The number of rotatable bonds is 16. The van der Waals surface area contributed by atoms with Crippen LogP contribution in [0.2, 0.25) is 0 Å². The van der Waals surface area contributed by atoms with Gasteiger partial charge < -0.3 is 30.8 Å². The van der Waals surface area contributed by atoms with Gasteiger partial charge in [0.2, 0.25) is 0 Å². The van der Waals surface area contributed by atoms with Crippen molar-refractivity contribution in [3.8, 4) is 11.8 Å². The van der Waals surface area contributed by atoms with Crippen molar-refractivity contribution in [1.82, 2.24) is 5.32 Å².